The smallest absolute Gasteiger partial charge is 0.325 e. The van der Waals surface area contributed by atoms with Gasteiger partial charge in [-0.3, -0.25) is 24.2 Å². The van der Waals surface area contributed by atoms with Crippen LogP contribution in [-0.4, -0.2) is 81.9 Å². The van der Waals surface area contributed by atoms with Crippen molar-refractivity contribution in [2.45, 2.75) is 63.2 Å². The van der Waals surface area contributed by atoms with E-state index in [1.165, 1.54) is 11.8 Å². The molecule has 0 spiro atoms. The largest absolute Gasteiger partial charge is 0.480 e. The molecule has 1 aromatic carbocycles. The Morgan fingerprint density at radius 1 is 1.21 bits per heavy atom. The van der Waals surface area contributed by atoms with Crippen molar-refractivity contribution in [1.82, 2.24) is 20.5 Å². The van der Waals surface area contributed by atoms with Gasteiger partial charge in [-0.05, 0) is 50.7 Å². The van der Waals surface area contributed by atoms with Gasteiger partial charge in [0.15, 0.2) is 5.96 Å². The third-order valence-electron chi connectivity index (χ3n) is 6.58. The Labute approximate surface area is 220 Å². The van der Waals surface area contributed by atoms with Crippen molar-refractivity contribution in [3.63, 3.8) is 0 Å². The molecule has 38 heavy (non-hydrogen) atoms. The summed E-state index contributed by atoms with van der Waals surface area (Å²) in [4.78, 5) is 59.0. The van der Waals surface area contributed by atoms with Crippen LogP contribution >= 0.6 is 0 Å². The minimum Gasteiger partial charge on any atom is -0.480 e. The molecule has 1 aliphatic rings. The number of nitrogens with two attached hydrogens (primary N) is 3. The Morgan fingerprint density at radius 2 is 1.95 bits per heavy atom. The SMILES string of the molecule is CC(NC(=O)C(CCCN=C(N)N)NC(=O)C1CCCN1C(=O)C(N)Cc1c[nH]c2ccccc12)C(=O)O. The molecule has 0 aliphatic carbocycles. The molecule has 1 saturated heterocycles. The number of H-pyrrole nitrogens is 1. The molecule has 206 valence electrons. The van der Waals surface area contributed by atoms with Crippen LogP contribution in [0.4, 0.5) is 0 Å². The van der Waals surface area contributed by atoms with Crippen LogP contribution in [0.5, 0.6) is 0 Å². The third-order valence-corrected chi connectivity index (χ3v) is 6.58. The predicted octanol–water partition coefficient (Wildman–Crippen LogP) is -0.844. The molecule has 2 aromatic rings. The number of aliphatic carboxylic acids is 1. The van der Waals surface area contributed by atoms with E-state index in [0.717, 1.165) is 16.5 Å². The van der Waals surface area contributed by atoms with Crippen LogP contribution in [0, 0.1) is 0 Å². The number of fused-ring (bicyclic) bond motifs is 1. The van der Waals surface area contributed by atoms with Crippen molar-refractivity contribution in [1.29, 1.82) is 0 Å². The lowest BCUT2D eigenvalue weighted by Crippen LogP contribution is -2.56. The summed E-state index contributed by atoms with van der Waals surface area (Å²) in [6.07, 6.45) is 3.69. The number of likely N-dealkylation sites (tertiary alicyclic amines) is 1. The Morgan fingerprint density at radius 3 is 2.66 bits per heavy atom. The average Bonchev–Trinajstić information content (AvgIpc) is 3.52. The number of hydrogen-bond acceptors (Lipinski definition) is 6. The van der Waals surface area contributed by atoms with Crippen LogP contribution in [0.25, 0.3) is 10.9 Å². The highest BCUT2D eigenvalue weighted by molar-refractivity contribution is 5.94. The van der Waals surface area contributed by atoms with E-state index in [2.05, 4.69) is 20.6 Å². The van der Waals surface area contributed by atoms with E-state index < -0.39 is 42.0 Å². The number of aliphatic imine (C=N–C) groups is 1. The van der Waals surface area contributed by atoms with Gasteiger partial charge in [0.2, 0.25) is 17.7 Å². The topological polar surface area (TPSA) is 222 Å². The highest BCUT2D eigenvalue weighted by Gasteiger charge is 2.37. The first-order chi connectivity index (χ1) is 18.1. The van der Waals surface area contributed by atoms with Crippen LogP contribution in [0.15, 0.2) is 35.5 Å². The van der Waals surface area contributed by atoms with Gasteiger partial charge in [0.1, 0.15) is 18.1 Å². The third kappa shape index (κ3) is 7.22. The van der Waals surface area contributed by atoms with Gasteiger partial charge in [0.05, 0.1) is 6.04 Å². The number of nitrogens with zero attached hydrogens (tertiary/aromatic N) is 2. The maximum atomic E-state index is 13.3. The maximum absolute atomic E-state index is 13.3. The normalized spacial score (nSPS) is 17.4. The van der Waals surface area contributed by atoms with Gasteiger partial charge < -0.3 is 42.8 Å². The Bertz CT molecular complexity index is 1190. The van der Waals surface area contributed by atoms with Crippen LogP contribution in [0.2, 0.25) is 0 Å². The summed E-state index contributed by atoms with van der Waals surface area (Å²) in [6.45, 7) is 1.92. The standard InChI is InChI=1S/C25H36N8O5/c1-14(24(37)38)31-21(34)19(8-4-10-29-25(27)28)32-22(35)20-9-5-11-33(20)23(36)17(26)12-15-13-30-18-7-3-2-6-16(15)18/h2-3,6-7,13-14,17,19-20,30H,4-5,8-12,26H2,1H3,(H,31,34)(H,32,35)(H,37,38)(H4,27,28,29). The molecule has 0 radical (unpaired) electrons. The van der Waals surface area contributed by atoms with Crippen molar-refractivity contribution in [2.75, 3.05) is 13.1 Å². The van der Waals surface area contributed by atoms with E-state index in [-0.39, 0.29) is 24.8 Å². The van der Waals surface area contributed by atoms with E-state index >= 15 is 0 Å². The molecule has 1 aromatic heterocycles. The van der Waals surface area contributed by atoms with Crippen molar-refractivity contribution in [3.05, 3.63) is 36.0 Å². The van der Waals surface area contributed by atoms with Gasteiger partial charge in [-0.1, -0.05) is 18.2 Å². The first kappa shape index (κ1) is 28.4. The quantitative estimate of drug-likeness (QED) is 0.104. The molecule has 1 fully saturated rings. The molecule has 2 heterocycles. The Hall–Kier alpha value is -4.13. The number of guanidine groups is 1. The first-order valence-electron chi connectivity index (χ1n) is 12.6. The highest BCUT2D eigenvalue weighted by Crippen LogP contribution is 2.22. The number of aromatic nitrogens is 1. The van der Waals surface area contributed by atoms with E-state index in [1.54, 1.807) is 0 Å². The molecule has 3 amide bonds. The van der Waals surface area contributed by atoms with Gasteiger partial charge in [-0.25, -0.2) is 0 Å². The Kier molecular flexibility index (Phi) is 9.66. The summed E-state index contributed by atoms with van der Waals surface area (Å²) in [5, 5.41) is 15.2. The van der Waals surface area contributed by atoms with Crippen LogP contribution in [0.3, 0.4) is 0 Å². The number of carbonyl (C=O) groups excluding carboxylic acids is 3. The number of carboxylic acids is 1. The number of carbonyl (C=O) groups is 4. The molecule has 4 unspecified atom stereocenters. The van der Waals surface area contributed by atoms with Gasteiger partial charge in [0, 0.05) is 30.2 Å². The fourth-order valence-electron chi connectivity index (χ4n) is 4.56. The molecule has 13 heteroatoms. The summed E-state index contributed by atoms with van der Waals surface area (Å²) >= 11 is 0. The van der Waals surface area contributed by atoms with Crippen LogP contribution < -0.4 is 27.8 Å². The molecular weight excluding hydrogens is 492 g/mol. The number of para-hydroxylation sites is 1. The molecule has 4 atom stereocenters. The summed E-state index contributed by atoms with van der Waals surface area (Å²) in [5.41, 5.74) is 18.8. The second-order valence-electron chi connectivity index (χ2n) is 9.44. The predicted molar refractivity (Wildman–Crippen MR) is 142 cm³/mol. The summed E-state index contributed by atoms with van der Waals surface area (Å²) in [7, 11) is 0. The van der Waals surface area contributed by atoms with Crippen LogP contribution in [-0.2, 0) is 25.6 Å². The fourth-order valence-corrected chi connectivity index (χ4v) is 4.56. The zero-order valence-corrected chi connectivity index (χ0v) is 21.4. The van der Waals surface area contributed by atoms with Gasteiger partial charge in [0.25, 0.3) is 0 Å². The van der Waals surface area contributed by atoms with E-state index in [0.29, 0.717) is 32.2 Å². The molecule has 1 aliphatic heterocycles. The van der Waals surface area contributed by atoms with E-state index in [4.69, 9.17) is 22.3 Å². The molecule has 10 N–H and O–H groups in total. The molecule has 0 saturated carbocycles. The second kappa shape index (κ2) is 12.9. The monoisotopic (exact) mass is 528 g/mol. The first-order valence-corrected chi connectivity index (χ1v) is 12.6. The van der Waals surface area contributed by atoms with E-state index in [1.807, 2.05) is 30.5 Å². The van der Waals surface area contributed by atoms with Crippen molar-refractivity contribution >= 4 is 40.6 Å². The zero-order valence-electron chi connectivity index (χ0n) is 21.4. The van der Waals surface area contributed by atoms with Crippen molar-refractivity contribution in [2.24, 2.45) is 22.2 Å². The summed E-state index contributed by atoms with van der Waals surface area (Å²) < 4.78 is 0. The van der Waals surface area contributed by atoms with Gasteiger partial charge in [-0.15, -0.1) is 0 Å². The van der Waals surface area contributed by atoms with E-state index in [9.17, 15) is 19.2 Å². The maximum Gasteiger partial charge on any atom is 0.325 e. The second-order valence-corrected chi connectivity index (χ2v) is 9.44. The summed E-state index contributed by atoms with van der Waals surface area (Å²) in [5.74, 6) is -2.80. The van der Waals surface area contributed by atoms with Crippen LogP contribution in [0.1, 0.15) is 38.2 Å². The Balaban J connectivity index is 1.66. The molecule has 0 bridgehead atoms. The lowest BCUT2D eigenvalue weighted by molar-refractivity contribution is -0.142. The number of hydrogen-bond donors (Lipinski definition) is 7. The van der Waals surface area contributed by atoms with Crippen molar-refractivity contribution in [3.8, 4) is 0 Å². The number of aromatic amines is 1. The number of nitrogens with one attached hydrogen (secondary N) is 3. The van der Waals surface area contributed by atoms with Crippen molar-refractivity contribution < 1.29 is 24.3 Å². The highest BCUT2D eigenvalue weighted by atomic mass is 16.4. The molecule has 3 rings (SSSR count). The minimum atomic E-state index is -1.21. The lowest BCUT2D eigenvalue weighted by atomic mass is 10.0. The average molecular weight is 529 g/mol. The zero-order chi connectivity index (χ0) is 27.8. The lowest BCUT2D eigenvalue weighted by Gasteiger charge is -2.28. The van der Waals surface area contributed by atoms with Gasteiger partial charge >= 0.3 is 5.97 Å². The fraction of sp³-hybridized carbons (Fsp3) is 0.480. The molecular formula is C25H36N8O5. The number of benzene rings is 1. The number of carboxylic acid groups (broad SMARTS) is 1. The molecule has 13 nitrogen and oxygen atoms in total. The van der Waals surface area contributed by atoms with Gasteiger partial charge in [-0.2, -0.15) is 0 Å². The minimum absolute atomic E-state index is 0.0985. The number of rotatable bonds is 12. The summed E-state index contributed by atoms with van der Waals surface area (Å²) in [6, 6.07) is 3.90. The number of amides is 3.